The van der Waals surface area contributed by atoms with Crippen LogP contribution < -0.4 is 10.6 Å². The van der Waals surface area contributed by atoms with Crippen LogP contribution in [0.1, 0.15) is 53.9 Å². The second kappa shape index (κ2) is 7.66. The predicted octanol–water partition coefficient (Wildman–Crippen LogP) is 2.37. The van der Waals surface area contributed by atoms with Crippen molar-refractivity contribution < 1.29 is 9.59 Å². The average molecular weight is 297 g/mol. The molecule has 3 amide bonds. The van der Waals surface area contributed by atoms with E-state index in [4.69, 9.17) is 0 Å². The first-order valence-electron chi connectivity index (χ1n) is 8.01. The molecule has 0 radical (unpaired) electrons. The maximum Gasteiger partial charge on any atom is 0.317 e. The number of nitrogens with one attached hydrogen (secondary N) is 2. The Balaban J connectivity index is 2.26. The zero-order chi connectivity index (χ0) is 16.0. The molecule has 0 bridgehead atoms. The van der Waals surface area contributed by atoms with Crippen molar-refractivity contribution in [1.29, 1.82) is 0 Å². The first-order valence-corrected chi connectivity index (χ1v) is 8.01. The highest BCUT2D eigenvalue weighted by atomic mass is 16.2. The van der Waals surface area contributed by atoms with E-state index in [0.29, 0.717) is 18.3 Å². The molecule has 2 N–H and O–H groups in total. The Hall–Kier alpha value is -1.26. The highest BCUT2D eigenvalue weighted by molar-refractivity contribution is 5.76. The van der Waals surface area contributed by atoms with Crippen LogP contribution in [0.5, 0.6) is 0 Å². The van der Waals surface area contributed by atoms with Crippen molar-refractivity contribution in [2.45, 2.75) is 59.4 Å². The topological polar surface area (TPSA) is 61.4 Å². The molecule has 1 aliphatic heterocycles. The highest BCUT2D eigenvalue weighted by Crippen LogP contribution is 2.17. The Labute approximate surface area is 128 Å². The van der Waals surface area contributed by atoms with E-state index in [2.05, 4.69) is 10.6 Å². The molecule has 0 atom stereocenters. The Kier molecular flexibility index (Phi) is 6.49. The van der Waals surface area contributed by atoms with E-state index >= 15 is 0 Å². The van der Waals surface area contributed by atoms with Crippen molar-refractivity contribution in [3.05, 3.63) is 0 Å². The summed E-state index contributed by atoms with van der Waals surface area (Å²) < 4.78 is 0. The smallest absolute Gasteiger partial charge is 0.317 e. The zero-order valence-corrected chi connectivity index (χ0v) is 14.2. The lowest BCUT2D eigenvalue weighted by atomic mass is 9.96. The molecule has 0 unspecified atom stereocenters. The van der Waals surface area contributed by atoms with Crippen molar-refractivity contribution >= 4 is 11.9 Å². The molecular formula is C16H31N3O2. The Morgan fingerprint density at radius 1 is 1.19 bits per heavy atom. The number of carbonyl (C=O) groups excluding carboxylic acids is 2. The number of hydrogen-bond donors (Lipinski definition) is 2. The van der Waals surface area contributed by atoms with Gasteiger partial charge in [-0.15, -0.1) is 0 Å². The summed E-state index contributed by atoms with van der Waals surface area (Å²) in [5, 5.41) is 6.00. The molecule has 0 aromatic carbocycles. The number of likely N-dealkylation sites (tertiary alicyclic amines) is 1. The van der Waals surface area contributed by atoms with Gasteiger partial charge in [0.2, 0.25) is 5.91 Å². The van der Waals surface area contributed by atoms with Crippen LogP contribution in [0.3, 0.4) is 0 Å². The molecule has 122 valence electrons. The lowest BCUT2D eigenvalue weighted by Crippen LogP contribution is -2.51. The van der Waals surface area contributed by atoms with Crippen LogP contribution in [-0.2, 0) is 4.79 Å². The number of rotatable bonds is 4. The molecule has 1 rings (SSSR count). The molecule has 0 spiro atoms. The SMILES string of the molecule is CC(C)CC(=O)NCC1CCN(C(=O)NC(C)(C)C)CC1. The minimum absolute atomic E-state index is 0.0183. The minimum atomic E-state index is -0.196. The summed E-state index contributed by atoms with van der Waals surface area (Å²) in [5.74, 6) is 1.02. The van der Waals surface area contributed by atoms with Gasteiger partial charge in [0.25, 0.3) is 0 Å². The number of nitrogens with zero attached hydrogens (tertiary/aromatic N) is 1. The number of amides is 3. The minimum Gasteiger partial charge on any atom is -0.356 e. The maximum absolute atomic E-state index is 12.1. The maximum atomic E-state index is 12.1. The van der Waals surface area contributed by atoms with Crippen LogP contribution >= 0.6 is 0 Å². The van der Waals surface area contributed by atoms with E-state index in [1.165, 1.54) is 0 Å². The van der Waals surface area contributed by atoms with E-state index in [1.54, 1.807) is 0 Å². The van der Waals surface area contributed by atoms with E-state index in [9.17, 15) is 9.59 Å². The van der Waals surface area contributed by atoms with Crippen LogP contribution in [0.15, 0.2) is 0 Å². The van der Waals surface area contributed by atoms with Crippen molar-refractivity contribution in [2.75, 3.05) is 19.6 Å². The summed E-state index contributed by atoms with van der Waals surface area (Å²) in [5.41, 5.74) is -0.196. The second-order valence-electron chi connectivity index (χ2n) is 7.51. The van der Waals surface area contributed by atoms with E-state index in [1.807, 2.05) is 39.5 Å². The van der Waals surface area contributed by atoms with Crippen LogP contribution in [0.4, 0.5) is 4.79 Å². The van der Waals surface area contributed by atoms with Crippen molar-refractivity contribution in [1.82, 2.24) is 15.5 Å². The van der Waals surface area contributed by atoms with E-state index in [-0.39, 0.29) is 17.5 Å². The number of hydrogen-bond acceptors (Lipinski definition) is 2. The van der Waals surface area contributed by atoms with Gasteiger partial charge in [-0.2, -0.15) is 0 Å². The van der Waals surface area contributed by atoms with Crippen LogP contribution in [0.25, 0.3) is 0 Å². The molecule has 1 fully saturated rings. The monoisotopic (exact) mass is 297 g/mol. The molecule has 0 aliphatic carbocycles. The molecule has 0 aromatic rings. The molecule has 1 saturated heterocycles. The summed E-state index contributed by atoms with van der Waals surface area (Å²) in [6.45, 7) is 12.3. The summed E-state index contributed by atoms with van der Waals surface area (Å²) in [6, 6.07) is 0.0183. The van der Waals surface area contributed by atoms with Crippen molar-refractivity contribution in [3.63, 3.8) is 0 Å². The standard InChI is InChI=1S/C16H31N3O2/c1-12(2)10-14(20)17-11-13-6-8-19(9-7-13)15(21)18-16(3,4)5/h12-13H,6-11H2,1-5H3,(H,17,20)(H,18,21). The number of piperidine rings is 1. The van der Waals surface area contributed by atoms with Gasteiger partial charge in [0, 0.05) is 31.6 Å². The third-order valence-electron chi connectivity index (χ3n) is 3.57. The summed E-state index contributed by atoms with van der Waals surface area (Å²) in [4.78, 5) is 25.6. The molecule has 0 saturated carbocycles. The quantitative estimate of drug-likeness (QED) is 0.837. The first-order chi connectivity index (χ1) is 9.67. The largest absolute Gasteiger partial charge is 0.356 e. The van der Waals surface area contributed by atoms with Crippen LogP contribution in [0, 0.1) is 11.8 Å². The normalized spacial score (nSPS) is 17.0. The second-order valence-corrected chi connectivity index (χ2v) is 7.51. The summed E-state index contributed by atoms with van der Waals surface area (Å²) in [7, 11) is 0. The summed E-state index contributed by atoms with van der Waals surface area (Å²) in [6.07, 6.45) is 2.51. The van der Waals surface area contributed by atoms with Gasteiger partial charge in [0.05, 0.1) is 0 Å². The third-order valence-corrected chi connectivity index (χ3v) is 3.57. The fourth-order valence-electron chi connectivity index (χ4n) is 2.44. The van der Waals surface area contributed by atoms with Gasteiger partial charge < -0.3 is 15.5 Å². The van der Waals surface area contributed by atoms with Crippen molar-refractivity contribution in [3.8, 4) is 0 Å². The molecule has 0 aromatic heterocycles. The van der Waals surface area contributed by atoms with E-state index in [0.717, 1.165) is 32.5 Å². The number of carbonyl (C=O) groups is 2. The Morgan fingerprint density at radius 3 is 2.24 bits per heavy atom. The van der Waals surface area contributed by atoms with Crippen molar-refractivity contribution in [2.24, 2.45) is 11.8 Å². The highest BCUT2D eigenvalue weighted by Gasteiger charge is 2.25. The van der Waals surface area contributed by atoms with Gasteiger partial charge in [-0.3, -0.25) is 4.79 Å². The molecule has 1 aliphatic rings. The van der Waals surface area contributed by atoms with Crippen LogP contribution in [-0.4, -0.2) is 42.0 Å². The Morgan fingerprint density at radius 2 is 1.76 bits per heavy atom. The van der Waals surface area contributed by atoms with Gasteiger partial charge in [-0.25, -0.2) is 4.79 Å². The molecule has 1 heterocycles. The lowest BCUT2D eigenvalue weighted by Gasteiger charge is -2.34. The predicted molar refractivity (Wildman–Crippen MR) is 85.0 cm³/mol. The van der Waals surface area contributed by atoms with Crippen LogP contribution in [0.2, 0.25) is 0 Å². The zero-order valence-electron chi connectivity index (χ0n) is 14.2. The van der Waals surface area contributed by atoms with Gasteiger partial charge >= 0.3 is 6.03 Å². The third kappa shape index (κ3) is 7.34. The van der Waals surface area contributed by atoms with E-state index < -0.39 is 0 Å². The number of urea groups is 1. The average Bonchev–Trinajstić information content (AvgIpc) is 2.34. The molecule has 21 heavy (non-hydrogen) atoms. The Bertz CT molecular complexity index is 353. The molecule has 5 nitrogen and oxygen atoms in total. The molecule has 5 heteroatoms. The fourth-order valence-corrected chi connectivity index (χ4v) is 2.44. The van der Waals surface area contributed by atoms with Gasteiger partial charge in [-0.1, -0.05) is 13.8 Å². The fraction of sp³-hybridized carbons (Fsp3) is 0.875. The van der Waals surface area contributed by atoms with Gasteiger partial charge in [0.1, 0.15) is 0 Å². The van der Waals surface area contributed by atoms with Gasteiger partial charge in [-0.05, 0) is 45.4 Å². The molecular weight excluding hydrogens is 266 g/mol. The summed E-state index contributed by atoms with van der Waals surface area (Å²) >= 11 is 0. The first kappa shape index (κ1) is 17.8. The van der Waals surface area contributed by atoms with Gasteiger partial charge in [0.15, 0.2) is 0 Å². The lowest BCUT2D eigenvalue weighted by molar-refractivity contribution is -0.122.